The summed E-state index contributed by atoms with van der Waals surface area (Å²) in [6.07, 6.45) is -0.555. The number of carbonyl (C=O) groups is 1. The monoisotopic (exact) mass is 468 g/mol. The Morgan fingerprint density at radius 3 is 2.85 bits per heavy atom. The number of benzene rings is 1. The summed E-state index contributed by atoms with van der Waals surface area (Å²) in [6.45, 7) is 2.23. The van der Waals surface area contributed by atoms with Crippen LogP contribution in [0.4, 0.5) is 19.0 Å². The first-order chi connectivity index (χ1) is 16.2. The number of pyridine rings is 1. The van der Waals surface area contributed by atoms with Crippen molar-refractivity contribution in [1.82, 2.24) is 24.3 Å². The summed E-state index contributed by atoms with van der Waals surface area (Å²) in [7, 11) is 0. The summed E-state index contributed by atoms with van der Waals surface area (Å²) in [5.41, 5.74) is 8.62. The Hall–Kier alpha value is -3.89. The van der Waals surface area contributed by atoms with Crippen molar-refractivity contribution in [2.24, 2.45) is 0 Å². The Balaban J connectivity index is 1.40. The van der Waals surface area contributed by atoms with Gasteiger partial charge in [0.05, 0.1) is 29.0 Å². The van der Waals surface area contributed by atoms with Gasteiger partial charge in [-0.05, 0) is 25.1 Å². The second kappa shape index (κ2) is 7.05. The van der Waals surface area contributed by atoms with Crippen molar-refractivity contribution >= 4 is 28.3 Å². The Bertz CT molecular complexity index is 1480. The highest BCUT2D eigenvalue weighted by Gasteiger charge is 2.41. The minimum atomic E-state index is -4.47. The lowest BCUT2D eigenvalue weighted by Gasteiger charge is -2.44. The number of aromatic nitrogens is 4. The number of fused-ring (bicyclic) bond motifs is 7. The van der Waals surface area contributed by atoms with E-state index in [0.29, 0.717) is 47.3 Å². The van der Waals surface area contributed by atoms with Gasteiger partial charge >= 0.3 is 6.18 Å². The van der Waals surface area contributed by atoms with Gasteiger partial charge in [0.2, 0.25) is 0 Å². The molecule has 3 aromatic heterocycles. The maximum atomic E-state index is 13.6. The number of likely N-dealkylation sites (tertiary alicyclic amines) is 1. The molecular weight excluding hydrogens is 449 g/mol. The van der Waals surface area contributed by atoms with Crippen molar-refractivity contribution < 1.29 is 22.7 Å². The highest BCUT2D eigenvalue weighted by atomic mass is 19.4. The summed E-state index contributed by atoms with van der Waals surface area (Å²) < 4.78 is 47.2. The number of nitrogen functional groups attached to an aromatic ring is 1. The van der Waals surface area contributed by atoms with Crippen LogP contribution in [0, 0.1) is 6.92 Å². The van der Waals surface area contributed by atoms with E-state index < -0.39 is 17.8 Å². The molecule has 174 valence electrons. The first kappa shape index (κ1) is 20.7. The number of alkyl halides is 3. The predicted octanol–water partition coefficient (Wildman–Crippen LogP) is 3.93. The molecule has 0 spiro atoms. The number of imidazole rings is 1. The third-order valence-corrected chi connectivity index (χ3v) is 6.58. The van der Waals surface area contributed by atoms with Crippen LogP contribution >= 0.6 is 0 Å². The van der Waals surface area contributed by atoms with E-state index in [-0.39, 0.29) is 23.5 Å². The van der Waals surface area contributed by atoms with Crippen LogP contribution in [0.5, 0.6) is 5.75 Å². The normalized spacial score (nSPS) is 19.8. The molecule has 11 heteroatoms. The molecule has 1 fully saturated rings. The molecule has 34 heavy (non-hydrogen) atoms. The predicted molar refractivity (Wildman–Crippen MR) is 116 cm³/mol. The van der Waals surface area contributed by atoms with Crippen LogP contribution in [0.15, 0.2) is 36.8 Å². The SMILES string of the molecule is Cc1ncn2c1c(N)nc1cnc(C(=O)N3CC[C@@H]4C[C@@H]3c3ccc(C(F)(F)F)cc3O4)cc12. The molecule has 1 saturated heterocycles. The molecular formula is C23H19F3N6O2. The molecule has 0 unspecified atom stereocenters. The van der Waals surface area contributed by atoms with E-state index in [1.807, 2.05) is 6.92 Å². The summed E-state index contributed by atoms with van der Waals surface area (Å²) in [4.78, 5) is 28.2. The van der Waals surface area contributed by atoms with Crippen molar-refractivity contribution in [1.29, 1.82) is 0 Å². The minimum absolute atomic E-state index is 0.176. The fourth-order valence-electron chi connectivity index (χ4n) is 4.94. The lowest BCUT2D eigenvalue weighted by Crippen LogP contribution is -2.46. The molecule has 2 aliphatic rings. The number of piperidine rings is 1. The fourth-order valence-corrected chi connectivity index (χ4v) is 4.94. The van der Waals surface area contributed by atoms with Crippen molar-refractivity contribution in [3.05, 3.63) is 59.3 Å². The van der Waals surface area contributed by atoms with Crippen molar-refractivity contribution in [2.75, 3.05) is 12.3 Å². The molecule has 1 aromatic carbocycles. The zero-order chi connectivity index (χ0) is 23.8. The number of nitrogens with two attached hydrogens (primary N) is 1. The van der Waals surface area contributed by atoms with Gasteiger partial charge in [-0.25, -0.2) is 15.0 Å². The second-order valence-corrected chi connectivity index (χ2v) is 8.63. The van der Waals surface area contributed by atoms with E-state index in [1.54, 1.807) is 21.7 Å². The standard InChI is InChI=1S/C23H19F3N6O2/c1-11-20-21(27)30-16-9-28-15(8-18(16)32(20)10-29-11)22(33)31-5-4-13-7-17(31)14-3-2-12(23(24,25)26)6-19(14)34-13/h2-3,6,8-10,13,17H,4-5,7H2,1H3,(H2,27,30)/t13-,17-/m1/s1. The molecule has 0 aliphatic carbocycles. The van der Waals surface area contributed by atoms with Gasteiger partial charge in [-0.2, -0.15) is 13.2 Å². The van der Waals surface area contributed by atoms with Crippen molar-refractivity contribution in [2.45, 2.75) is 38.1 Å². The molecule has 2 atom stereocenters. The zero-order valence-corrected chi connectivity index (χ0v) is 18.0. The number of halogens is 3. The average molecular weight is 468 g/mol. The van der Waals surface area contributed by atoms with Gasteiger partial charge in [-0.1, -0.05) is 6.07 Å². The summed E-state index contributed by atoms with van der Waals surface area (Å²) in [5.74, 6) is 0.192. The molecule has 8 nitrogen and oxygen atoms in total. The molecule has 2 N–H and O–H groups in total. The van der Waals surface area contributed by atoms with Gasteiger partial charge < -0.3 is 15.4 Å². The third kappa shape index (κ3) is 3.06. The number of carbonyl (C=O) groups excluding carboxylic acids is 1. The van der Waals surface area contributed by atoms with Crippen molar-refractivity contribution in [3.8, 4) is 5.75 Å². The number of anilines is 1. The lowest BCUT2D eigenvalue weighted by atomic mass is 9.89. The number of amides is 1. The molecule has 2 aliphatic heterocycles. The zero-order valence-electron chi connectivity index (χ0n) is 18.0. The van der Waals surface area contributed by atoms with E-state index in [2.05, 4.69) is 15.0 Å². The molecule has 0 saturated carbocycles. The summed E-state index contributed by atoms with van der Waals surface area (Å²) >= 11 is 0. The first-order valence-electron chi connectivity index (χ1n) is 10.8. The van der Waals surface area contributed by atoms with Crippen LogP contribution < -0.4 is 10.5 Å². The maximum Gasteiger partial charge on any atom is 0.416 e. The quantitative estimate of drug-likeness (QED) is 0.455. The number of rotatable bonds is 1. The summed E-state index contributed by atoms with van der Waals surface area (Å²) in [6, 6.07) is 4.71. The number of hydrogen-bond donors (Lipinski definition) is 1. The van der Waals surface area contributed by atoms with E-state index in [0.717, 1.165) is 17.8 Å². The number of hydrogen-bond acceptors (Lipinski definition) is 6. The first-order valence-corrected chi connectivity index (χ1v) is 10.8. The molecule has 1 amide bonds. The van der Waals surface area contributed by atoms with Crippen molar-refractivity contribution in [3.63, 3.8) is 0 Å². The molecule has 0 radical (unpaired) electrons. The smallest absolute Gasteiger partial charge is 0.416 e. The van der Waals surface area contributed by atoms with E-state index in [1.165, 1.54) is 12.3 Å². The molecule has 6 rings (SSSR count). The van der Waals surface area contributed by atoms with Crippen LogP contribution in [0.25, 0.3) is 16.6 Å². The number of nitrogens with zero attached hydrogens (tertiary/aromatic N) is 5. The van der Waals surface area contributed by atoms with Gasteiger partial charge in [0.25, 0.3) is 5.91 Å². The van der Waals surface area contributed by atoms with E-state index >= 15 is 0 Å². The Morgan fingerprint density at radius 2 is 2.06 bits per heavy atom. The highest BCUT2D eigenvalue weighted by Crippen LogP contribution is 2.45. The highest BCUT2D eigenvalue weighted by molar-refractivity contribution is 5.96. The maximum absolute atomic E-state index is 13.6. The van der Waals surface area contributed by atoms with E-state index in [9.17, 15) is 18.0 Å². The largest absolute Gasteiger partial charge is 0.490 e. The van der Waals surface area contributed by atoms with Crippen LogP contribution in [-0.2, 0) is 6.18 Å². The third-order valence-electron chi connectivity index (χ3n) is 6.58. The number of aryl methyl sites for hydroxylation is 1. The fraction of sp³-hybridized carbons (Fsp3) is 0.304. The topological polar surface area (TPSA) is 98.6 Å². The van der Waals surface area contributed by atoms with Gasteiger partial charge in [-0.3, -0.25) is 9.20 Å². The van der Waals surface area contributed by atoms with E-state index in [4.69, 9.17) is 10.5 Å². The van der Waals surface area contributed by atoms with Gasteiger partial charge in [-0.15, -0.1) is 0 Å². The van der Waals surface area contributed by atoms with Gasteiger partial charge in [0.1, 0.15) is 34.9 Å². The Labute approximate surface area is 191 Å². The van der Waals surface area contributed by atoms with Crippen LogP contribution in [0.1, 0.15) is 46.2 Å². The average Bonchev–Trinajstić information content (AvgIpc) is 3.20. The van der Waals surface area contributed by atoms with Gasteiger partial charge in [0, 0.05) is 24.9 Å². The van der Waals surface area contributed by atoms with Crippen LogP contribution in [0.3, 0.4) is 0 Å². The Kier molecular flexibility index (Phi) is 4.29. The van der Waals surface area contributed by atoms with Gasteiger partial charge in [0.15, 0.2) is 5.82 Å². The molecule has 5 heterocycles. The molecule has 2 bridgehead atoms. The molecule has 4 aromatic rings. The number of ether oxygens (including phenoxy) is 1. The Morgan fingerprint density at radius 1 is 1.24 bits per heavy atom. The van der Waals surface area contributed by atoms with Crippen LogP contribution in [-0.4, -0.2) is 42.8 Å². The van der Waals surface area contributed by atoms with Crippen LogP contribution in [0.2, 0.25) is 0 Å². The minimum Gasteiger partial charge on any atom is -0.490 e. The lowest BCUT2D eigenvalue weighted by molar-refractivity contribution is -0.137. The second-order valence-electron chi connectivity index (χ2n) is 8.63. The summed E-state index contributed by atoms with van der Waals surface area (Å²) in [5, 5.41) is 0.